The van der Waals surface area contributed by atoms with E-state index >= 15 is 0 Å². The van der Waals surface area contributed by atoms with Crippen molar-refractivity contribution < 1.29 is 14.6 Å². The Labute approximate surface area is 130 Å². The molecule has 0 aromatic heterocycles. The lowest BCUT2D eigenvalue weighted by atomic mass is 10.2. The Morgan fingerprint density at radius 2 is 1.45 bits per heavy atom. The lowest BCUT2D eigenvalue weighted by Crippen LogP contribution is -2.25. The number of aliphatic hydroxyl groups excluding tert-OH is 1. The summed E-state index contributed by atoms with van der Waals surface area (Å²) in [6.07, 6.45) is -0.326. The average molecular weight is 297 g/mol. The molecule has 2 rings (SSSR count). The first-order valence-corrected chi connectivity index (χ1v) is 7.13. The monoisotopic (exact) mass is 297 g/mol. The van der Waals surface area contributed by atoms with Crippen LogP contribution in [0.2, 0.25) is 0 Å². The molecule has 0 saturated carbocycles. The van der Waals surface area contributed by atoms with Gasteiger partial charge in [0.25, 0.3) is 0 Å². The smallest absolute Gasteiger partial charge is 0.122 e. The van der Waals surface area contributed by atoms with E-state index in [9.17, 15) is 5.11 Å². The van der Waals surface area contributed by atoms with E-state index in [0.717, 1.165) is 16.9 Å². The fourth-order valence-electron chi connectivity index (χ4n) is 1.86. The van der Waals surface area contributed by atoms with Crippen LogP contribution >= 0.6 is 0 Å². The van der Waals surface area contributed by atoms with Gasteiger partial charge in [0, 0.05) is 0 Å². The summed E-state index contributed by atoms with van der Waals surface area (Å²) in [4.78, 5) is 0. The molecule has 1 unspecified atom stereocenters. The molecule has 0 aliphatic rings. The van der Waals surface area contributed by atoms with Crippen LogP contribution in [0.15, 0.2) is 48.5 Å². The van der Waals surface area contributed by atoms with Gasteiger partial charge in [-0.05, 0) is 36.8 Å². The summed E-state index contributed by atoms with van der Waals surface area (Å²) in [6.45, 7) is 2.34. The SMILES string of the molecule is Cc1ccc(OCC(O)COc2ccc(CC#N)cc2)cc1. The van der Waals surface area contributed by atoms with Crippen molar-refractivity contribution in [3.8, 4) is 17.6 Å². The van der Waals surface area contributed by atoms with Crippen molar-refractivity contribution in [3.05, 3.63) is 59.7 Å². The molecule has 4 heteroatoms. The third-order valence-corrected chi connectivity index (χ3v) is 3.11. The molecule has 4 nitrogen and oxygen atoms in total. The normalized spacial score (nSPS) is 11.5. The van der Waals surface area contributed by atoms with Crippen LogP contribution in [0.5, 0.6) is 11.5 Å². The number of nitriles is 1. The second kappa shape index (κ2) is 8.06. The van der Waals surface area contributed by atoms with Crippen molar-refractivity contribution in [2.24, 2.45) is 0 Å². The quantitative estimate of drug-likeness (QED) is 0.853. The zero-order valence-corrected chi connectivity index (χ0v) is 12.5. The van der Waals surface area contributed by atoms with Crippen molar-refractivity contribution in [2.75, 3.05) is 13.2 Å². The van der Waals surface area contributed by atoms with E-state index in [1.165, 1.54) is 0 Å². The largest absolute Gasteiger partial charge is 0.491 e. The molecule has 1 atom stereocenters. The summed E-state index contributed by atoms with van der Waals surface area (Å²) < 4.78 is 11.0. The number of aryl methyl sites for hydroxylation is 1. The maximum Gasteiger partial charge on any atom is 0.122 e. The van der Waals surface area contributed by atoms with Gasteiger partial charge in [-0.25, -0.2) is 0 Å². The van der Waals surface area contributed by atoms with Crippen LogP contribution in [-0.4, -0.2) is 24.4 Å². The predicted octanol–water partition coefficient (Wildman–Crippen LogP) is 2.88. The molecule has 0 radical (unpaired) electrons. The van der Waals surface area contributed by atoms with Crippen LogP contribution in [0.3, 0.4) is 0 Å². The van der Waals surface area contributed by atoms with Gasteiger partial charge in [-0.1, -0.05) is 29.8 Å². The highest BCUT2D eigenvalue weighted by atomic mass is 16.5. The zero-order chi connectivity index (χ0) is 15.8. The number of aliphatic hydroxyl groups is 1. The molecule has 0 aliphatic carbocycles. The number of benzene rings is 2. The standard InChI is InChI=1S/C18H19NO3/c1-14-2-6-17(7-3-14)21-12-16(20)13-22-18-8-4-15(5-9-18)10-11-19/h2-9,16,20H,10,12-13H2,1H3. The molecule has 0 spiro atoms. The van der Waals surface area contributed by atoms with Crippen molar-refractivity contribution in [3.63, 3.8) is 0 Å². The Balaban J connectivity index is 1.74. The minimum atomic E-state index is -0.708. The topological polar surface area (TPSA) is 62.5 Å². The Kier molecular flexibility index (Phi) is 5.81. The predicted molar refractivity (Wildman–Crippen MR) is 83.9 cm³/mol. The summed E-state index contributed by atoms with van der Waals surface area (Å²) in [5.41, 5.74) is 2.11. The van der Waals surface area contributed by atoms with Crippen molar-refractivity contribution >= 4 is 0 Å². The first kappa shape index (κ1) is 15.9. The highest BCUT2D eigenvalue weighted by Crippen LogP contribution is 2.14. The van der Waals surface area contributed by atoms with Gasteiger partial charge in [0.2, 0.25) is 0 Å². The highest BCUT2D eigenvalue weighted by Gasteiger charge is 2.07. The Bertz CT molecular complexity index is 614. The first-order chi connectivity index (χ1) is 10.7. The fraction of sp³-hybridized carbons (Fsp3) is 0.278. The Hall–Kier alpha value is -2.51. The van der Waals surface area contributed by atoms with Crippen LogP contribution in [0.4, 0.5) is 0 Å². The van der Waals surface area contributed by atoms with Gasteiger partial charge >= 0.3 is 0 Å². The van der Waals surface area contributed by atoms with Gasteiger partial charge in [0.1, 0.15) is 30.8 Å². The summed E-state index contributed by atoms with van der Waals surface area (Å²) in [5.74, 6) is 1.39. The van der Waals surface area contributed by atoms with Gasteiger partial charge in [0.05, 0.1) is 12.5 Å². The molecule has 22 heavy (non-hydrogen) atoms. The van der Waals surface area contributed by atoms with E-state index in [-0.39, 0.29) is 13.2 Å². The van der Waals surface area contributed by atoms with Crippen LogP contribution in [-0.2, 0) is 6.42 Å². The molecular weight excluding hydrogens is 278 g/mol. The molecule has 0 amide bonds. The molecule has 2 aromatic carbocycles. The molecule has 0 bridgehead atoms. The Morgan fingerprint density at radius 3 is 1.95 bits per heavy atom. The highest BCUT2D eigenvalue weighted by molar-refractivity contribution is 5.29. The second-order valence-corrected chi connectivity index (χ2v) is 5.07. The maximum atomic E-state index is 9.87. The number of nitrogens with zero attached hydrogens (tertiary/aromatic N) is 1. The maximum absolute atomic E-state index is 9.87. The minimum absolute atomic E-state index is 0.156. The zero-order valence-electron chi connectivity index (χ0n) is 12.5. The van der Waals surface area contributed by atoms with Crippen molar-refractivity contribution in [2.45, 2.75) is 19.4 Å². The van der Waals surface area contributed by atoms with E-state index < -0.39 is 6.10 Å². The second-order valence-electron chi connectivity index (χ2n) is 5.07. The number of hydrogen-bond donors (Lipinski definition) is 1. The van der Waals surface area contributed by atoms with E-state index in [0.29, 0.717) is 12.2 Å². The van der Waals surface area contributed by atoms with Crippen molar-refractivity contribution in [1.29, 1.82) is 5.26 Å². The third-order valence-electron chi connectivity index (χ3n) is 3.11. The summed E-state index contributed by atoms with van der Waals surface area (Å²) in [7, 11) is 0. The van der Waals surface area contributed by atoms with Crippen LogP contribution in [0.1, 0.15) is 11.1 Å². The van der Waals surface area contributed by atoms with Gasteiger partial charge in [-0.3, -0.25) is 0 Å². The average Bonchev–Trinajstić information content (AvgIpc) is 2.54. The molecule has 114 valence electrons. The number of rotatable bonds is 7. The molecule has 0 heterocycles. The molecule has 0 fully saturated rings. The van der Waals surface area contributed by atoms with Gasteiger partial charge in [-0.15, -0.1) is 0 Å². The van der Waals surface area contributed by atoms with Gasteiger partial charge in [0.15, 0.2) is 0 Å². The fourth-order valence-corrected chi connectivity index (χ4v) is 1.86. The lowest BCUT2D eigenvalue weighted by molar-refractivity contribution is 0.0626. The van der Waals surface area contributed by atoms with E-state index in [1.807, 2.05) is 43.3 Å². The van der Waals surface area contributed by atoms with Crippen LogP contribution in [0.25, 0.3) is 0 Å². The molecule has 1 N–H and O–H groups in total. The minimum Gasteiger partial charge on any atom is -0.491 e. The first-order valence-electron chi connectivity index (χ1n) is 7.13. The number of hydrogen-bond acceptors (Lipinski definition) is 4. The molecular formula is C18H19NO3. The molecule has 2 aromatic rings. The van der Waals surface area contributed by atoms with Crippen LogP contribution in [0, 0.1) is 18.3 Å². The van der Waals surface area contributed by atoms with Gasteiger partial charge < -0.3 is 14.6 Å². The lowest BCUT2D eigenvalue weighted by Gasteiger charge is -2.14. The van der Waals surface area contributed by atoms with Crippen molar-refractivity contribution in [1.82, 2.24) is 0 Å². The van der Waals surface area contributed by atoms with E-state index in [1.54, 1.807) is 12.1 Å². The van der Waals surface area contributed by atoms with Crippen LogP contribution < -0.4 is 9.47 Å². The number of ether oxygens (including phenoxy) is 2. The van der Waals surface area contributed by atoms with E-state index in [4.69, 9.17) is 14.7 Å². The van der Waals surface area contributed by atoms with Gasteiger partial charge in [-0.2, -0.15) is 5.26 Å². The molecule has 0 aliphatic heterocycles. The Morgan fingerprint density at radius 1 is 0.955 bits per heavy atom. The summed E-state index contributed by atoms with van der Waals surface area (Å²) >= 11 is 0. The van der Waals surface area contributed by atoms with E-state index in [2.05, 4.69) is 6.07 Å². The summed E-state index contributed by atoms with van der Waals surface area (Å²) in [6, 6.07) is 17.0. The third kappa shape index (κ3) is 5.12. The molecule has 0 saturated heterocycles. The summed E-state index contributed by atoms with van der Waals surface area (Å²) in [5, 5.41) is 18.5.